The van der Waals surface area contributed by atoms with Crippen molar-refractivity contribution in [3.8, 4) is 46.4 Å². The lowest BCUT2D eigenvalue weighted by atomic mass is 9.96. The summed E-state index contributed by atoms with van der Waals surface area (Å²) in [5, 5.41) is 23.4. The minimum Gasteiger partial charge on any atom is -0.491 e. The number of aliphatic imine (C=N–C) groups is 1. The molecule has 0 aliphatic carbocycles. The molecule has 1 aliphatic heterocycles. The summed E-state index contributed by atoms with van der Waals surface area (Å²) in [6, 6.07) is 20.9. The van der Waals surface area contributed by atoms with E-state index >= 15 is 0 Å². The van der Waals surface area contributed by atoms with Crippen molar-refractivity contribution in [2.45, 2.75) is 13.1 Å². The molecule has 1 N–H and O–H groups in total. The maximum atomic E-state index is 10.8. The van der Waals surface area contributed by atoms with Gasteiger partial charge in [0.15, 0.2) is 0 Å². The molecule has 0 saturated carbocycles. The number of terminal acetylenes is 1. The summed E-state index contributed by atoms with van der Waals surface area (Å²) in [5.41, 5.74) is 5.63. The molecule has 0 bridgehead atoms. The van der Waals surface area contributed by atoms with Gasteiger partial charge in [0, 0.05) is 29.3 Å². The molecule has 1 aliphatic rings. The quantitative estimate of drug-likeness (QED) is 0.0612. The zero-order chi connectivity index (χ0) is 33.4. The molecule has 12 nitrogen and oxygen atoms in total. The van der Waals surface area contributed by atoms with E-state index in [0.717, 1.165) is 22.4 Å². The van der Waals surface area contributed by atoms with E-state index in [-0.39, 0.29) is 6.61 Å². The van der Waals surface area contributed by atoms with E-state index in [9.17, 15) is 5.21 Å². The first kappa shape index (κ1) is 34.7. The van der Waals surface area contributed by atoms with Gasteiger partial charge in [0.1, 0.15) is 37.0 Å². The number of rotatable bonds is 19. The van der Waals surface area contributed by atoms with Crippen molar-refractivity contribution in [3.63, 3.8) is 0 Å². The summed E-state index contributed by atoms with van der Waals surface area (Å²) < 4.78 is 35.7. The molecule has 250 valence electrons. The van der Waals surface area contributed by atoms with E-state index in [1.54, 1.807) is 18.2 Å². The lowest BCUT2D eigenvalue weighted by molar-refractivity contribution is 0.0333. The molecule has 2 heterocycles. The molecule has 13 heteroatoms. The van der Waals surface area contributed by atoms with E-state index in [1.165, 1.54) is 5.06 Å². The molecule has 0 spiro atoms. The summed E-state index contributed by atoms with van der Waals surface area (Å²) in [7, 11) is 0. The van der Waals surface area contributed by atoms with Gasteiger partial charge in [-0.1, -0.05) is 53.6 Å². The summed E-state index contributed by atoms with van der Waals surface area (Å²) in [6.07, 6.45) is 5.14. The number of isothiocyanates is 1. The smallest absolute Gasteiger partial charge is 0.125 e. The molecule has 0 radical (unpaired) electrons. The Morgan fingerprint density at radius 2 is 1.42 bits per heavy atom. The first-order valence-corrected chi connectivity index (χ1v) is 15.9. The van der Waals surface area contributed by atoms with Gasteiger partial charge >= 0.3 is 0 Å². The van der Waals surface area contributed by atoms with Crippen LogP contribution >= 0.6 is 12.2 Å². The fraction of sp³-hybridized carbons (Fsp3) is 0.343. The van der Waals surface area contributed by atoms with Crippen molar-refractivity contribution in [1.29, 1.82) is 0 Å². The van der Waals surface area contributed by atoms with Gasteiger partial charge in [-0.3, -0.25) is 10.3 Å². The molecule has 0 fully saturated rings. The van der Waals surface area contributed by atoms with Gasteiger partial charge < -0.3 is 28.4 Å². The van der Waals surface area contributed by atoms with Crippen LogP contribution in [0.2, 0.25) is 0 Å². The van der Waals surface area contributed by atoms with E-state index < -0.39 is 0 Å². The van der Waals surface area contributed by atoms with Crippen LogP contribution in [0.1, 0.15) is 5.56 Å². The summed E-state index contributed by atoms with van der Waals surface area (Å²) in [4.78, 5) is 4.05. The maximum absolute atomic E-state index is 10.8. The van der Waals surface area contributed by atoms with Crippen LogP contribution in [-0.4, -0.2) is 91.4 Å². The first-order chi connectivity index (χ1) is 23.7. The number of hydrogen-bond donors (Lipinski definition) is 1. The number of para-hydroxylation sites is 1. The minimum atomic E-state index is 0.264. The molecule has 1 aromatic heterocycles. The predicted octanol–water partition coefficient (Wildman–Crippen LogP) is 5.21. The van der Waals surface area contributed by atoms with Gasteiger partial charge in [-0.05, 0) is 23.8 Å². The van der Waals surface area contributed by atoms with Crippen LogP contribution < -0.4 is 14.5 Å². The third kappa shape index (κ3) is 9.70. The lowest BCUT2D eigenvalue weighted by Gasteiger charge is -2.24. The molecular weight excluding hydrogens is 634 g/mol. The number of hydrogen-bond acceptors (Lipinski definition) is 12. The van der Waals surface area contributed by atoms with Crippen LogP contribution in [0.4, 0.5) is 11.4 Å². The van der Waals surface area contributed by atoms with Crippen molar-refractivity contribution in [2.75, 3.05) is 71.1 Å². The largest absolute Gasteiger partial charge is 0.491 e. The topological polar surface area (TPSA) is 122 Å². The number of hydroxylamine groups is 1. The molecule has 0 atom stereocenters. The third-order valence-corrected chi connectivity index (χ3v) is 7.27. The Balaban J connectivity index is 1.04. The number of benzene rings is 3. The van der Waals surface area contributed by atoms with E-state index in [1.807, 2.05) is 53.2 Å². The highest BCUT2D eigenvalue weighted by atomic mass is 32.1. The van der Waals surface area contributed by atoms with Crippen LogP contribution in [0, 0.1) is 12.3 Å². The summed E-state index contributed by atoms with van der Waals surface area (Å²) >= 11 is 4.75. The van der Waals surface area contributed by atoms with Gasteiger partial charge in [0.05, 0.1) is 81.6 Å². The van der Waals surface area contributed by atoms with E-state index in [2.05, 4.69) is 26.4 Å². The van der Waals surface area contributed by atoms with Gasteiger partial charge in [-0.2, -0.15) is 4.99 Å². The van der Waals surface area contributed by atoms with Crippen LogP contribution in [0.5, 0.6) is 11.5 Å². The van der Waals surface area contributed by atoms with Crippen LogP contribution in [-0.2, 0) is 32.0 Å². The Morgan fingerprint density at radius 1 is 0.792 bits per heavy atom. The highest BCUT2D eigenvalue weighted by molar-refractivity contribution is 7.78. The SMILES string of the molecule is C#CCOCCOCCOc1cc(N=C=S)cc(OCCOCCOCCn2nnc3c2-c2ccccc2CN(O)c2ccccc2-3)c1. The highest BCUT2D eigenvalue weighted by Crippen LogP contribution is 2.40. The fourth-order valence-corrected chi connectivity index (χ4v) is 5.16. The Bertz CT molecular complexity index is 1720. The molecule has 0 amide bonds. The normalized spacial score (nSPS) is 11.7. The maximum Gasteiger partial charge on any atom is 0.125 e. The average Bonchev–Trinajstić information content (AvgIpc) is 3.51. The predicted molar refractivity (Wildman–Crippen MR) is 183 cm³/mol. The molecule has 0 saturated heterocycles. The van der Waals surface area contributed by atoms with Crippen LogP contribution in [0.25, 0.3) is 22.5 Å². The number of ether oxygens (including phenoxy) is 6. The monoisotopic (exact) mass is 671 g/mol. The first-order valence-electron chi connectivity index (χ1n) is 15.5. The number of fused-ring (bicyclic) bond motifs is 5. The standard InChI is InChI=1S/C35H37N5O7S/c1-2-12-42-14-16-44-18-20-46-29-22-28(36-26-48)23-30(24-29)47-21-19-45-17-15-43-13-11-39-35-31-8-4-3-7-27(31)25-40(41)33-10-6-5-9-32(33)34(35)37-38-39/h1,3-10,22-24,41H,11-21,25H2. The molecule has 4 aromatic rings. The van der Waals surface area contributed by atoms with Crippen molar-refractivity contribution < 1.29 is 33.6 Å². The Morgan fingerprint density at radius 3 is 2.12 bits per heavy atom. The second-order valence-electron chi connectivity index (χ2n) is 10.4. The Hall–Kier alpha value is -4.64. The van der Waals surface area contributed by atoms with Crippen molar-refractivity contribution in [2.24, 2.45) is 4.99 Å². The van der Waals surface area contributed by atoms with E-state index in [4.69, 9.17) is 47.1 Å². The van der Waals surface area contributed by atoms with Gasteiger partial charge in [0.2, 0.25) is 0 Å². The van der Waals surface area contributed by atoms with Crippen LogP contribution in [0.3, 0.4) is 0 Å². The lowest BCUT2D eigenvalue weighted by Crippen LogP contribution is -2.20. The van der Waals surface area contributed by atoms with E-state index in [0.29, 0.717) is 101 Å². The second-order valence-corrected chi connectivity index (χ2v) is 10.6. The number of thiocarbonyl (C=S) groups is 1. The number of aromatic nitrogens is 3. The molecule has 3 aromatic carbocycles. The molecule has 48 heavy (non-hydrogen) atoms. The third-order valence-electron chi connectivity index (χ3n) is 7.17. The summed E-state index contributed by atoms with van der Waals surface area (Å²) in [6.45, 7) is 4.62. The molecular formula is C35H37N5O7S. The van der Waals surface area contributed by atoms with Gasteiger partial charge in [0.25, 0.3) is 0 Å². The average molecular weight is 672 g/mol. The summed E-state index contributed by atoms with van der Waals surface area (Å²) in [5.74, 6) is 3.54. The molecule has 0 unspecified atom stereocenters. The highest BCUT2D eigenvalue weighted by Gasteiger charge is 2.25. The zero-order valence-corrected chi connectivity index (χ0v) is 27.3. The second kappa shape index (κ2) is 18.6. The zero-order valence-electron chi connectivity index (χ0n) is 26.5. The van der Waals surface area contributed by atoms with Crippen LogP contribution in [0.15, 0.2) is 71.7 Å². The van der Waals surface area contributed by atoms with Crippen molar-refractivity contribution >= 4 is 28.8 Å². The fourth-order valence-electron chi connectivity index (χ4n) is 5.05. The molecule has 5 rings (SSSR count). The Labute approximate surface area is 284 Å². The number of anilines is 1. The van der Waals surface area contributed by atoms with Gasteiger partial charge in [-0.25, -0.2) is 4.68 Å². The minimum absolute atomic E-state index is 0.264. The van der Waals surface area contributed by atoms with Crippen molar-refractivity contribution in [3.05, 3.63) is 72.3 Å². The van der Waals surface area contributed by atoms with Gasteiger partial charge in [-0.15, -0.1) is 11.5 Å². The Kier molecular flexibility index (Phi) is 13.5. The van der Waals surface area contributed by atoms with Crippen molar-refractivity contribution in [1.82, 2.24) is 15.0 Å². The number of nitrogens with zero attached hydrogens (tertiary/aromatic N) is 5.